The van der Waals surface area contributed by atoms with Gasteiger partial charge in [0.1, 0.15) is 0 Å². The summed E-state index contributed by atoms with van der Waals surface area (Å²) in [6.07, 6.45) is 2.56. The Balaban J connectivity index is 2.38. The van der Waals surface area contributed by atoms with Gasteiger partial charge in [0.05, 0.1) is 11.9 Å². The summed E-state index contributed by atoms with van der Waals surface area (Å²) in [5.41, 5.74) is 5.92. The monoisotopic (exact) mass is 201 g/mol. The van der Waals surface area contributed by atoms with E-state index in [0.717, 1.165) is 16.5 Å². The maximum absolute atomic E-state index is 10.7. The van der Waals surface area contributed by atoms with Crippen molar-refractivity contribution in [2.75, 3.05) is 0 Å². The van der Waals surface area contributed by atoms with Crippen molar-refractivity contribution in [3.05, 3.63) is 36.2 Å². The van der Waals surface area contributed by atoms with Crippen molar-refractivity contribution >= 4 is 16.7 Å². The molecule has 4 heteroatoms. The van der Waals surface area contributed by atoms with E-state index in [9.17, 15) is 4.79 Å². The third kappa shape index (κ3) is 2.10. The number of fused-ring (bicyclic) bond motifs is 1. The number of primary amides is 1. The second-order valence-electron chi connectivity index (χ2n) is 3.34. The minimum Gasteiger partial charge on any atom is -0.370 e. The van der Waals surface area contributed by atoms with E-state index in [1.54, 1.807) is 6.20 Å². The van der Waals surface area contributed by atoms with E-state index in [0.29, 0.717) is 12.8 Å². The molecule has 0 saturated heterocycles. The molecule has 0 radical (unpaired) electrons. The number of rotatable bonds is 3. The Bertz CT molecular complexity index is 491. The molecule has 1 amide bonds. The van der Waals surface area contributed by atoms with Gasteiger partial charge in [0, 0.05) is 23.6 Å². The molecule has 76 valence electrons. The Morgan fingerprint density at radius 1 is 1.33 bits per heavy atom. The number of benzene rings is 1. The number of aromatic nitrogens is 2. The van der Waals surface area contributed by atoms with Crippen LogP contribution < -0.4 is 5.73 Å². The number of nitrogens with zero attached hydrogens (tertiary/aromatic N) is 2. The van der Waals surface area contributed by atoms with E-state index in [4.69, 9.17) is 5.73 Å². The maximum atomic E-state index is 10.7. The van der Waals surface area contributed by atoms with Crippen LogP contribution in [0, 0.1) is 0 Å². The Morgan fingerprint density at radius 3 is 2.93 bits per heavy atom. The highest BCUT2D eigenvalue weighted by Gasteiger charge is 2.04. The van der Waals surface area contributed by atoms with Crippen LogP contribution in [0.15, 0.2) is 30.5 Å². The van der Waals surface area contributed by atoms with Crippen LogP contribution in [0.25, 0.3) is 10.8 Å². The summed E-state index contributed by atoms with van der Waals surface area (Å²) in [5, 5.41) is 9.98. The Hall–Kier alpha value is -1.97. The molecule has 1 heterocycles. The summed E-state index contributed by atoms with van der Waals surface area (Å²) in [7, 11) is 0. The highest BCUT2D eigenvalue weighted by atomic mass is 16.1. The quantitative estimate of drug-likeness (QED) is 0.806. The van der Waals surface area contributed by atoms with Crippen LogP contribution in [0.1, 0.15) is 12.1 Å². The zero-order valence-corrected chi connectivity index (χ0v) is 8.18. The molecule has 0 bridgehead atoms. The lowest BCUT2D eigenvalue weighted by atomic mass is 10.1. The van der Waals surface area contributed by atoms with Crippen LogP contribution in [0.4, 0.5) is 0 Å². The molecule has 1 aromatic heterocycles. The molecule has 1 aromatic carbocycles. The minimum absolute atomic E-state index is 0.308. The molecular formula is C11H11N3O. The zero-order valence-electron chi connectivity index (χ0n) is 8.18. The van der Waals surface area contributed by atoms with Gasteiger partial charge in [-0.1, -0.05) is 24.3 Å². The molecule has 2 aromatic rings. The number of hydrogen-bond donors (Lipinski definition) is 1. The Morgan fingerprint density at radius 2 is 2.13 bits per heavy atom. The summed E-state index contributed by atoms with van der Waals surface area (Å²) < 4.78 is 0. The molecule has 0 aliphatic heterocycles. The van der Waals surface area contributed by atoms with Crippen molar-refractivity contribution in [2.24, 2.45) is 5.73 Å². The fraction of sp³-hybridized carbons (Fsp3) is 0.182. The van der Waals surface area contributed by atoms with Gasteiger partial charge < -0.3 is 5.73 Å². The zero-order chi connectivity index (χ0) is 10.7. The van der Waals surface area contributed by atoms with E-state index in [1.165, 1.54) is 0 Å². The van der Waals surface area contributed by atoms with Crippen LogP contribution in [-0.4, -0.2) is 16.1 Å². The molecule has 0 fully saturated rings. The van der Waals surface area contributed by atoms with Crippen LogP contribution >= 0.6 is 0 Å². The van der Waals surface area contributed by atoms with Gasteiger partial charge in [-0.05, 0) is 0 Å². The number of amides is 1. The predicted molar refractivity (Wildman–Crippen MR) is 57.1 cm³/mol. The topological polar surface area (TPSA) is 68.9 Å². The van der Waals surface area contributed by atoms with Crippen molar-refractivity contribution in [1.82, 2.24) is 10.2 Å². The summed E-state index contributed by atoms with van der Waals surface area (Å²) in [6.45, 7) is 0. The van der Waals surface area contributed by atoms with Crippen molar-refractivity contribution in [1.29, 1.82) is 0 Å². The van der Waals surface area contributed by atoms with Crippen molar-refractivity contribution in [3.63, 3.8) is 0 Å². The first-order chi connectivity index (χ1) is 7.27. The van der Waals surface area contributed by atoms with Gasteiger partial charge in [0.2, 0.25) is 5.91 Å². The molecule has 2 rings (SSSR count). The first-order valence-corrected chi connectivity index (χ1v) is 4.75. The van der Waals surface area contributed by atoms with Crippen LogP contribution in [-0.2, 0) is 11.2 Å². The molecule has 0 saturated carbocycles. The average Bonchev–Trinajstić information content (AvgIpc) is 2.26. The van der Waals surface area contributed by atoms with E-state index in [2.05, 4.69) is 10.2 Å². The maximum Gasteiger partial charge on any atom is 0.217 e. The fourth-order valence-electron chi connectivity index (χ4n) is 1.51. The third-order valence-corrected chi connectivity index (χ3v) is 2.26. The smallest absolute Gasteiger partial charge is 0.217 e. The van der Waals surface area contributed by atoms with Gasteiger partial charge in [-0.15, -0.1) is 0 Å². The number of nitrogens with two attached hydrogens (primary N) is 1. The van der Waals surface area contributed by atoms with Crippen molar-refractivity contribution in [3.8, 4) is 0 Å². The average molecular weight is 201 g/mol. The van der Waals surface area contributed by atoms with Crippen molar-refractivity contribution < 1.29 is 4.79 Å². The lowest BCUT2D eigenvalue weighted by Crippen LogP contribution is -2.12. The number of hydrogen-bond acceptors (Lipinski definition) is 3. The second-order valence-corrected chi connectivity index (χ2v) is 3.34. The first-order valence-electron chi connectivity index (χ1n) is 4.75. The van der Waals surface area contributed by atoms with E-state index >= 15 is 0 Å². The molecule has 15 heavy (non-hydrogen) atoms. The molecule has 0 aliphatic rings. The molecule has 2 N–H and O–H groups in total. The minimum atomic E-state index is -0.315. The summed E-state index contributed by atoms with van der Waals surface area (Å²) >= 11 is 0. The van der Waals surface area contributed by atoms with E-state index in [1.807, 2.05) is 24.3 Å². The largest absolute Gasteiger partial charge is 0.370 e. The van der Waals surface area contributed by atoms with Crippen molar-refractivity contribution in [2.45, 2.75) is 12.8 Å². The SMILES string of the molecule is NC(=O)CCc1nncc2ccccc12. The van der Waals surface area contributed by atoms with Crippen LogP contribution in [0.5, 0.6) is 0 Å². The molecular weight excluding hydrogens is 190 g/mol. The third-order valence-electron chi connectivity index (χ3n) is 2.26. The summed E-state index contributed by atoms with van der Waals surface area (Å²) in [6, 6.07) is 7.83. The Labute approximate surface area is 87.1 Å². The second kappa shape index (κ2) is 4.04. The molecule has 0 unspecified atom stereocenters. The van der Waals surface area contributed by atoms with Gasteiger partial charge >= 0.3 is 0 Å². The Kier molecular flexibility index (Phi) is 2.58. The molecule has 0 spiro atoms. The molecule has 0 atom stereocenters. The first kappa shape index (κ1) is 9.58. The normalized spacial score (nSPS) is 10.4. The van der Waals surface area contributed by atoms with Gasteiger partial charge in [0.15, 0.2) is 0 Å². The highest BCUT2D eigenvalue weighted by molar-refractivity contribution is 5.84. The number of carbonyl (C=O) groups excluding carboxylic acids is 1. The predicted octanol–water partition coefficient (Wildman–Crippen LogP) is 1.05. The number of carbonyl (C=O) groups is 1. The highest BCUT2D eigenvalue weighted by Crippen LogP contribution is 2.15. The summed E-state index contributed by atoms with van der Waals surface area (Å²) in [4.78, 5) is 10.7. The van der Waals surface area contributed by atoms with Crippen LogP contribution in [0.3, 0.4) is 0 Å². The van der Waals surface area contributed by atoms with E-state index in [-0.39, 0.29) is 5.91 Å². The van der Waals surface area contributed by atoms with Gasteiger partial charge in [-0.25, -0.2) is 0 Å². The number of aryl methyl sites for hydroxylation is 1. The van der Waals surface area contributed by atoms with Gasteiger partial charge in [-0.2, -0.15) is 10.2 Å². The lowest BCUT2D eigenvalue weighted by molar-refractivity contribution is -0.118. The lowest BCUT2D eigenvalue weighted by Gasteiger charge is -2.02. The van der Waals surface area contributed by atoms with Gasteiger partial charge in [0.25, 0.3) is 0 Å². The standard InChI is InChI=1S/C11H11N3O/c12-11(15)6-5-10-9-4-2-1-3-8(9)7-13-14-10/h1-4,7H,5-6H2,(H2,12,15). The molecule has 4 nitrogen and oxygen atoms in total. The van der Waals surface area contributed by atoms with Gasteiger partial charge in [-0.3, -0.25) is 4.79 Å². The van der Waals surface area contributed by atoms with Crippen LogP contribution in [0.2, 0.25) is 0 Å². The van der Waals surface area contributed by atoms with E-state index < -0.39 is 0 Å². The molecule has 0 aliphatic carbocycles. The fourth-order valence-corrected chi connectivity index (χ4v) is 1.51. The summed E-state index contributed by atoms with van der Waals surface area (Å²) in [5.74, 6) is -0.315.